The molecule has 0 saturated carbocycles. The second kappa shape index (κ2) is 9.72. The number of piperidine rings is 1. The molecule has 2 aromatic carbocycles. The molecule has 2 aliphatic rings. The van der Waals surface area contributed by atoms with Crippen molar-refractivity contribution in [3.63, 3.8) is 0 Å². The highest BCUT2D eigenvalue weighted by Gasteiger charge is 2.35. The van der Waals surface area contributed by atoms with Gasteiger partial charge in [0.2, 0.25) is 5.91 Å². The number of hydrogen-bond acceptors (Lipinski definition) is 5. The summed E-state index contributed by atoms with van der Waals surface area (Å²) in [4.78, 5) is 40.5. The lowest BCUT2D eigenvalue weighted by Gasteiger charge is -2.29. The number of benzene rings is 2. The van der Waals surface area contributed by atoms with E-state index in [1.54, 1.807) is 7.11 Å². The van der Waals surface area contributed by atoms with Crippen LogP contribution in [0.5, 0.6) is 5.75 Å². The van der Waals surface area contributed by atoms with Gasteiger partial charge in [0.1, 0.15) is 23.8 Å². The summed E-state index contributed by atoms with van der Waals surface area (Å²) < 4.78 is 18.5. The lowest BCUT2D eigenvalue weighted by Crippen LogP contribution is -2.38. The predicted molar refractivity (Wildman–Crippen MR) is 122 cm³/mol. The number of hydrogen-bond donors (Lipinski definition) is 2. The Bertz CT molecular complexity index is 1090. The van der Waals surface area contributed by atoms with Gasteiger partial charge in [-0.25, -0.2) is 14.1 Å². The summed E-state index contributed by atoms with van der Waals surface area (Å²) in [6, 6.07) is 10.2. The van der Waals surface area contributed by atoms with Crippen molar-refractivity contribution >= 4 is 35.3 Å². The van der Waals surface area contributed by atoms with Gasteiger partial charge in [-0.1, -0.05) is 0 Å². The standard InChI is InChI=1S/C24H25FN4O4/c1-33-21-14-19(28-11-3-2-4-12-28)10-5-16(21)13-20-23(31)29(24(32)27-20)15-22(30)26-18-8-6-17(25)7-9-18/h5-10,13-14H,2-4,11-12,15H2,1H3,(H,26,30)(H,27,32)/b20-13-. The van der Waals surface area contributed by atoms with E-state index in [0.717, 1.165) is 36.5 Å². The fourth-order valence-electron chi connectivity index (χ4n) is 3.92. The SMILES string of the molecule is COc1cc(N2CCCCC2)ccc1/C=C1\NC(=O)N(CC(=O)Nc2ccc(F)cc2)C1=O. The number of nitrogens with zero attached hydrogens (tertiary/aromatic N) is 2. The van der Waals surface area contributed by atoms with Gasteiger partial charge in [0.25, 0.3) is 5.91 Å². The highest BCUT2D eigenvalue weighted by molar-refractivity contribution is 6.16. The number of amides is 4. The van der Waals surface area contributed by atoms with Gasteiger partial charge < -0.3 is 20.3 Å². The van der Waals surface area contributed by atoms with Gasteiger partial charge in [0.15, 0.2) is 0 Å². The molecule has 0 atom stereocenters. The Morgan fingerprint density at radius 3 is 2.55 bits per heavy atom. The molecule has 0 radical (unpaired) electrons. The van der Waals surface area contributed by atoms with Crippen LogP contribution in [0.4, 0.5) is 20.6 Å². The topological polar surface area (TPSA) is 91.0 Å². The van der Waals surface area contributed by atoms with Crippen molar-refractivity contribution in [1.29, 1.82) is 0 Å². The Labute approximate surface area is 191 Å². The molecule has 2 saturated heterocycles. The largest absolute Gasteiger partial charge is 0.496 e. The lowest BCUT2D eigenvalue weighted by molar-refractivity contribution is -0.127. The first-order valence-corrected chi connectivity index (χ1v) is 10.8. The third-order valence-corrected chi connectivity index (χ3v) is 5.63. The minimum absolute atomic E-state index is 0.0543. The second-order valence-corrected chi connectivity index (χ2v) is 7.91. The number of nitrogens with one attached hydrogen (secondary N) is 2. The molecule has 2 aliphatic heterocycles. The van der Waals surface area contributed by atoms with Crippen molar-refractivity contribution in [2.45, 2.75) is 19.3 Å². The average molecular weight is 452 g/mol. The van der Waals surface area contributed by atoms with Crippen LogP contribution in [-0.2, 0) is 9.59 Å². The van der Waals surface area contributed by atoms with Crippen LogP contribution in [0, 0.1) is 5.82 Å². The molecule has 172 valence electrons. The van der Waals surface area contributed by atoms with Gasteiger partial charge in [-0.05, 0) is 61.7 Å². The maximum Gasteiger partial charge on any atom is 0.329 e. The summed E-state index contributed by atoms with van der Waals surface area (Å²) in [5, 5.41) is 5.04. The van der Waals surface area contributed by atoms with Crippen molar-refractivity contribution < 1.29 is 23.5 Å². The fraction of sp³-hybridized carbons (Fsp3) is 0.292. The molecule has 0 unspecified atom stereocenters. The van der Waals surface area contributed by atoms with E-state index >= 15 is 0 Å². The Morgan fingerprint density at radius 2 is 1.85 bits per heavy atom. The molecular weight excluding hydrogens is 427 g/mol. The van der Waals surface area contributed by atoms with Crippen molar-refractivity contribution in [2.75, 3.05) is 37.0 Å². The highest BCUT2D eigenvalue weighted by Crippen LogP contribution is 2.29. The van der Waals surface area contributed by atoms with Crippen LogP contribution in [-0.4, -0.2) is 49.5 Å². The Kier molecular flexibility index (Phi) is 6.58. The number of ether oxygens (including phenoxy) is 1. The van der Waals surface area contributed by atoms with E-state index in [0.29, 0.717) is 17.0 Å². The predicted octanol–water partition coefficient (Wildman–Crippen LogP) is 3.36. The third-order valence-electron chi connectivity index (χ3n) is 5.63. The molecule has 4 amide bonds. The van der Waals surface area contributed by atoms with Crippen LogP contribution in [0.3, 0.4) is 0 Å². The maximum absolute atomic E-state index is 13.0. The van der Waals surface area contributed by atoms with E-state index < -0.39 is 30.2 Å². The molecule has 8 nitrogen and oxygen atoms in total. The minimum atomic E-state index is -0.690. The summed E-state index contributed by atoms with van der Waals surface area (Å²) >= 11 is 0. The summed E-state index contributed by atoms with van der Waals surface area (Å²) in [5.74, 6) is -1.04. The molecule has 4 rings (SSSR count). The van der Waals surface area contributed by atoms with E-state index in [4.69, 9.17) is 4.74 Å². The molecule has 2 fully saturated rings. The van der Waals surface area contributed by atoms with Crippen molar-refractivity contribution in [3.8, 4) is 5.75 Å². The molecule has 0 bridgehead atoms. The first-order chi connectivity index (χ1) is 15.9. The molecule has 0 spiro atoms. The number of carbonyl (C=O) groups is 3. The van der Waals surface area contributed by atoms with Gasteiger partial charge in [0, 0.05) is 36.1 Å². The zero-order valence-electron chi connectivity index (χ0n) is 18.3. The monoisotopic (exact) mass is 452 g/mol. The van der Waals surface area contributed by atoms with Crippen LogP contribution in [0.1, 0.15) is 24.8 Å². The molecule has 0 aromatic heterocycles. The van der Waals surface area contributed by atoms with Gasteiger partial charge >= 0.3 is 6.03 Å². The zero-order chi connectivity index (χ0) is 23.4. The number of anilines is 2. The zero-order valence-corrected chi connectivity index (χ0v) is 18.3. The van der Waals surface area contributed by atoms with Crippen LogP contribution in [0.15, 0.2) is 48.2 Å². The van der Waals surface area contributed by atoms with E-state index in [-0.39, 0.29) is 5.70 Å². The number of methoxy groups -OCH3 is 1. The lowest BCUT2D eigenvalue weighted by atomic mass is 10.1. The Morgan fingerprint density at radius 1 is 1.12 bits per heavy atom. The summed E-state index contributed by atoms with van der Waals surface area (Å²) in [7, 11) is 1.55. The Balaban J connectivity index is 1.46. The number of carbonyl (C=O) groups excluding carboxylic acids is 3. The number of rotatable bonds is 6. The number of imide groups is 1. The van der Waals surface area contributed by atoms with Crippen molar-refractivity contribution in [1.82, 2.24) is 10.2 Å². The van der Waals surface area contributed by atoms with E-state index in [9.17, 15) is 18.8 Å². The quantitative estimate of drug-likeness (QED) is 0.518. The highest BCUT2D eigenvalue weighted by atomic mass is 19.1. The van der Waals surface area contributed by atoms with Crippen LogP contribution < -0.4 is 20.3 Å². The van der Waals surface area contributed by atoms with Crippen molar-refractivity contribution in [2.24, 2.45) is 0 Å². The van der Waals surface area contributed by atoms with Gasteiger partial charge in [-0.2, -0.15) is 0 Å². The van der Waals surface area contributed by atoms with E-state index in [1.807, 2.05) is 18.2 Å². The first-order valence-electron chi connectivity index (χ1n) is 10.8. The van der Waals surface area contributed by atoms with Crippen LogP contribution in [0.2, 0.25) is 0 Å². The summed E-state index contributed by atoms with van der Waals surface area (Å²) in [5.41, 5.74) is 2.11. The maximum atomic E-state index is 13.0. The second-order valence-electron chi connectivity index (χ2n) is 7.91. The van der Waals surface area contributed by atoms with Crippen LogP contribution in [0.25, 0.3) is 6.08 Å². The normalized spacial score (nSPS) is 17.3. The molecule has 33 heavy (non-hydrogen) atoms. The summed E-state index contributed by atoms with van der Waals surface area (Å²) in [6.45, 7) is 1.52. The Hall–Kier alpha value is -3.88. The molecule has 2 N–H and O–H groups in total. The van der Waals surface area contributed by atoms with E-state index in [2.05, 4.69) is 15.5 Å². The van der Waals surface area contributed by atoms with Gasteiger partial charge in [-0.15, -0.1) is 0 Å². The number of halogens is 1. The molecule has 9 heteroatoms. The van der Waals surface area contributed by atoms with Gasteiger partial charge in [0.05, 0.1) is 7.11 Å². The number of urea groups is 1. The molecule has 2 heterocycles. The molecule has 2 aromatic rings. The smallest absolute Gasteiger partial charge is 0.329 e. The molecule has 0 aliphatic carbocycles. The van der Waals surface area contributed by atoms with E-state index in [1.165, 1.54) is 36.8 Å². The molecular formula is C24H25FN4O4. The fourth-order valence-corrected chi connectivity index (χ4v) is 3.92. The average Bonchev–Trinajstić information content (AvgIpc) is 3.08. The first kappa shape index (κ1) is 22.3. The van der Waals surface area contributed by atoms with Crippen molar-refractivity contribution in [3.05, 3.63) is 59.5 Å². The van der Waals surface area contributed by atoms with Gasteiger partial charge in [-0.3, -0.25) is 9.59 Å². The summed E-state index contributed by atoms with van der Waals surface area (Å²) in [6.07, 6.45) is 5.08. The minimum Gasteiger partial charge on any atom is -0.496 e. The van der Waals surface area contributed by atoms with Crippen LogP contribution >= 0.6 is 0 Å². The third kappa shape index (κ3) is 5.14.